The molecule has 1 aliphatic heterocycles. The molecule has 3 amide bonds. The smallest absolute Gasteiger partial charge is 0.416 e. The monoisotopic (exact) mass is 624 g/mol. The SMILES string of the molecule is CC(C)c1ccc(CNC(=O)[C@H]2CN(C(=O)Nc3nnc(C(=O)O)o3)CCN2S(=O)(=O)c2ccc(C(F)(F)F)cc2)cc1. The zero-order valence-electron chi connectivity index (χ0n) is 22.8. The van der Waals surface area contributed by atoms with E-state index in [0.717, 1.165) is 32.5 Å². The number of aromatic carboxylic acids is 1. The van der Waals surface area contributed by atoms with Crippen LogP contribution in [0.1, 0.15) is 47.1 Å². The third-order valence-electron chi connectivity index (χ3n) is 6.64. The van der Waals surface area contributed by atoms with Gasteiger partial charge in [-0.1, -0.05) is 48.3 Å². The summed E-state index contributed by atoms with van der Waals surface area (Å²) in [4.78, 5) is 37.9. The Morgan fingerprint density at radius 3 is 2.26 bits per heavy atom. The maximum absolute atomic E-state index is 13.5. The van der Waals surface area contributed by atoms with Crippen LogP contribution in [0.15, 0.2) is 57.8 Å². The summed E-state index contributed by atoms with van der Waals surface area (Å²) in [5.41, 5.74) is 0.762. The molecular formula is C26H27F3N6O7S. The van der Waals surface area contributed by atoms with Crippen LogP contribution in [-0.2, 0) is 27.5 Å². The summed E-state index contributed by atoms with van der Waals surface area (Å²) in [5.74, 6) is -2.77. The number of alkyl halides is 3. The van der Waals surface area contributed by atoms with E-state index in [4.69, 9.17) is 9.52 Å². The largest absolute Gasteiger partial charge is 0.474 e. The predicted octanol–water partition coefficient (Wildman–Crippen LogP) is 3.13. The van der Waals surface area contributed by atoms with Crippen LogP contribution in [0.2, 0.25) is 0 Å². The Morgan fingerprint density at radius 1 is 1.05 bits per heavy atom. The van der Waals surface area contributed by atoms with Crippen molar-refractivity contribution in [3.63, 3.8) is 0 Å². The van der Waals surface area contributed by atoms with E-state index in [1.165, 1.54) is 0 Å². The molecule has 1 atom stereocenters. The summed E-state index contributed by atoms with van der Waals surface area (Å²) >= 11 is 0. The van der Waals surface area contributed by atoms with Gasteiger partial charge in [0.05, 0.1) is 10.5 Å². The molecule has 230 valence electrons. The van der Waals surface area contributed by atoms with E-state index < -0.39 is 69.1 Å². The van der Waals surface area contributed by atoms with E-state index in [9.17, 15) is 36.0 Å². The molecule has 4 rings (SSSR count). The van der Waals surface area contributed by atoms with Crippen LogP contribution >= 0.6 is 0 Å². The van der Waals surface area contributed by atoms with E-state index in [2.05, 4.69) is 20.8 Å². The lowest BCUT2D eigenvalue weighted by Crippen LogP contribution is -2.61. The van der Waals surface area contributed by atoms with E-state index in [0.29, 0.717) is 12.1 Å². The standard InChI is InChI=1S/C26H27F3N6O7S/c1-15(2)17-5-3-16(4-6-17)13-30-21(36)20-14-34(25(39)31-24-33-32-22(42-24)23(37)38)11-12-35(20)43(40,41)19-9-7-18(8-10-19)26(27,28)29/h3-10,15,20H,11-14H2,1-2H3,(H,30,36)(H,37,38)(H,31,33,39)/t20-/m1/s1. The van der Waals surface area contributed by atoms with E-state index >= 15 is 0 Å². The second-order valence-electron chi connectivity index (χ2n) is 9.86. The van der Waals surface area contributed by atoms with Crippen LogP contribution in [0.3, 0.4) is 0 Å². The third kappa shape index (κ3) is 7.29. The molecule has 2 heterocycles. The lowest BCUT2D eigenvalue weighted by Gasteiger charge is -2.39. The molecule has 13 nitrogen and oxygen atoms in total. The van der Waals surface area contributed by atoms with Gasteiger partial charge in [0.2, 0.25) is 15.9 Å². The number of aromatic nitrogens is 2. The number of rotatable bonds is 8. The number of carbonyl (C=O) groups excluding carboxylic acids is 2. The first-order chi connectivity index (χ1) is 20.2. The number of anilines is 1. The van der Waals surface area contributed by atoms with Crippen LogP contribution in [0.25, 0.3) is 0 Å². The minimum absolute atomic E-state index is 0.0357. The zero-order chi connectivity index (χ0) is 31.5. The van der Waals surface area contributed by atoms with Crippen LogP contribution < -0.4 is 10.6 Å². The first-order valence-corrected chi connectivity index (χ1v) is 14.3. The fraction of sp³-hybridized carbons (Fsp3) is 0.346. The van der Waals surface area contributed by atoms with Gasteiger partial charge < -0.3 is 19.7 Å². The van der Waals surface area contributed by atoms with E-state index in [1.807, 2.05) is 38.1 Å². The molecule has 0 unspecified atom stereocenters. The number of carboxylic acids is 1. The second-order valence-corrected chi connectivity index (χ2v) is 11.8. The Morgan fingerprint density at radius 2 is 1.70 bits per heavy atom. The highest BCUT2D eigenvalue weighted by Crippen LogP contribution is 2.31. The number of hydrogen-bond acceptors (Lipinski definition) is 8. The van der Waals surface area contributed by atoms with Crippen molar-refractivity contribution < 1.29 is 45.5 Å². The number of benzene rings is 2. The summed E-state index contributed by atoms with van der Waals surface area (Å²) in [7, 11) is -4.49. The maximum atomic E-state index is 13.5. The Hall–Kier alpha value is -4.51. The highest BCUT2D eigenvalue weighted by atomic mass is 32.2. The number of nitrogens with one attached hydrogen (secondary N) is 2. The molecule has 0 radical (unpaired) electrons. The minimum atomic E-state index is -4.68. The number of halogens is 3. The van der Waals surface area contributed by atoms with Gasteiger partial charge in [0.15, 0.2) is 0 Å². The molecule has 3 aromatic rings. The number of hydrogen-bond donors (Lipinski definition) is 3. The van der Waals surface area contributed by atoms with Crippen LogP contribution in [0, 0.1) is 0 Å². The van der Waals surface area contributed by atoms with Crippen molar-refractivity contribution in [1.29, 1.82) is 0 Å². The quantitative estimate of drug-likeness (QED) is 0.340. The summed E-state index contributed by atoms with van der Waals surface area (Å²) in [6, 6.07) is 7.38. The van der Waals surface area contributed by atoms with Gasteiger partial charge in [-0.2, -0.15) is 17.5 Å². The normalized spacial score (nSPS) is 16.2. The van der Waals surface area contributed by atoms with Crippen molar-refractivity contribution in [1.82, 2.24) is 24.7 Å². The molecular weight excluding hydrogens is 597 g/mol. The van der Waals surface area contributed by atoms with Crippen LogP contribution in [-0.4, -0.2) is 76.5 Å². The van der Waals surface area contributed by atoms with Crippen molar-refractivity contribution in [2.75, 3.05) is 25.0 Å². The maximum Gasteiger partial charge on any atom is 0.416 e. The van der Waals surface area contributed by atoms with Gasteiger partial charge in [0.1, 0.15) is 6.04 Å². The fourth-order valence-corrected chi connectivity index (χ4v) is 5.83. The molecule has 0 aliphatic carbocycles. The van der Waals surface area contributed by atoms with Crippen molar-refractivity contribution >= 4 is 33.9 Å². The van der Waals surface area contributed by atoms with Crippen molar-refractivity contribution in [3.05, 3.63) is 71.1 Å². The molecule has 1 saturated heterocycles. The fourth-order valence-electron chi connectivity index (χ4n) is 4.26. The average molecular weight is 625 g/mol. The summed E-state index contributed by atoms with van der Waals surface area (Å²) in [6.07, 6.45) is -4.68. The molecule has 17 heteroatoms. The first-order valence-electron chi connectivity index (χ1n) is 12.8. The number of piperazine rings is 1. The molecule has 1 aliphatic rings. The number of nitrogens with zero attached hydrogens (tertiary/aromatic N) is 4. The number of sulfonamides is 1. The van der Waals surface area contributed by atoms with Gasteiger partial charge in [-0.15, -0.1) is 0 Å². The summed E-state index contributed by atoms with van der Waals surface area (Å²) in [5, 5.41) is 20.4. The van der Waals surface area contributed by atoms with Crippen LogP contribution in [0.5, 0.6) is 0 Å². The predicted molar refractivity (Wildman–Crippen MR) is 143 cm³/mol. The number of urea groups is 1. The molecule has 0 spiro atoms. The molecule has 0 bridgehead atoms. The number of carbonyl (C=O) groups is 3. The second kappa shape index (κ2) is 12.4. The molecule has 3 N–H and O–H groups in total. The zero-order valence-corrected chi connectivity index (χ0v) is 23.6. The number of carboxylic acid groups (broad SMARTS) is 1. The van der Waals surface area contributed by atoms with Gasteiger partial charge in [-0.05, 0) is 41.3 Å². The first kappa shape index (κ1) is 31.4. The summed E-state index contributed by atoms with van der Waals surface area (Å²) in [6.45, 7) is 3.01. The molecule has 1 aromatic heterocycles. The van der Waals surface area contributed by atoms with Gasteiger partial charge in [-0.3, -0.25) is 10.1 Å². The van der Waals surface area contributed by atoms with Crippen LogP contribution in [0.4, 0.5) is 24.0 Å². The van der Waals surface area contributed by atoms with Crippen molar-refractivity contribution in [2.45, 2.75) is 43.4 Å². The lowest BCUT2D eigenvalue weighted by atomic mass is 10.0. The van der Waals surface area contributed by atoms with Gasteiger partial charge in [0, 0.05) is 26.2 Å². The molecule has 43 heavy (non-hydrogen) atoms. The van der Waals surface area contributed by atoms with E-state index in [1.54, 1.807) is 0 Å². The third-order valence-corrected chi connectivity index (χ3v) is 8.57. The average Bonchev–Trinajstić information content (AvgIpc) is 3.44. The van der Waals surface area contributed by atoms with Gasteiger partial charge in [-0.25, -0.2) is 18.0 Å². The van der Waals surface area contributed by atoms with E-state index in [-0.39, 0.29) is 25.6 Å². The summed E-state index contributed by atoms with van der Waals surface area (Å²) < 4.78 is 71.8. The Labute approximate surface area is 243 Å². The topological polar surface area (TPSA) is 175 Å². The molecule has 1 fully saturated rings. The molecule has 0 saturated carbocycles. The van der Waals surface area contributed by atoms with Crippen molar-refractivity contribution in [3.8, 4) is 0 Å². The minimum Gasteiger partial charge on any atom is -0.474 e. The highest BCUT2D eigenvalue weighted by Gasteiger charge is 2.42. The Kier molecular flexibility index (Phi) is 9.05. The highest BCUT2D eigenvalue weighted by molar-refractivity contribution is 7.89. The Bertz CT molecular complexity index is 1590. The lowest BCUT2D eigenvalue weighted by molar-refractivity contribution is -0.137. The number of amides is 3. The van der Waals surface area contributed by atoms with Gasteiger partial charge in [0.25, 0.3) is 0 Å². The van der Waals surface area contributed by atoms with Gasteiger partial charge >= 0.3 is 30.1 Å². The Balaban J connectivity index is 1.56. The van der Waals surface area contributed by atoms with Crippen molar-refractivity contribution in [2.24, 2.45) is 0 Å². The molecule has 2 aromatic carbocycles.